The number of benzene rings is 1. The van der Waals surface area contributed by atoms with Crippen molar-refractivity contribution in [1.29, 1.82) is 0 Å². The third-order valence-electron chi connectivity index (χ3n) is 5.20. The third kappa shape index (κ3) is 4.18. The average molecular weight is 461 g/mol. The second kappa shape index (κ2) is 9.35. The fourth-order valence-electron chi connectivity index (χ4n) is 3.88. The maximum atomic E-state index is 6.53. The van der Waals surface area contributed by atoms with Crippen molar-refractivity contribution in [2.24, 2.45) is 0 Å². The van der Waals surface area contributed by atoms with E-state index in [0.29, 0.717) is 21.8 Å². The number of halogens is 2. The van der Waals surface area contributed by atoms with Gasteiger partial charge in [-0.2, -0.15) is 0 Å². The summed E-state index contributed by atoms with van der Waals surface area (Å²) in [6.45, 7) is 1.44. The van der Waals surface area contributed by atoms with Crippen LogP contribution in [0.4, 0.5) is 0 Å². The predicted octanol–water partition coefficient (Wildman–Crippen LogP) is 5.19. The number of ether oxygens (including phenoxy) is 1. The zero-order chi connectivity index (χ0) is 21.1. The maximum absolute atomic E-state index is 6.53. The number of nitrogens with one attached hydrogen (secondary N) is 1. The fourth-order valence-corrected chi connectivity index (χ4v) is 4.71. The van der Waals surface area contributed by atoms with Gasteiger partial charge in [-0.05, 0) is 61.1 Å². The van der Waals surface area contributed by atoms with E-state index < -0.39 is 0 Å². The van der Waals surface area contributed by atoms with Gasteiger partial charge in [-0.15, -0.1) is 0 Å². The van der Waals surface area contributed by atoms with Gasteiger partial charge >= 0.3 is 0 Å². The molecule has 0 radical (unpaired) electrons. The monoisotopic (exact) mass is 460 g/mol. The van der Waals surface area contributed by atoms with Gasteiger partial charge in [-0.3, -0.25) is 4.98 Å². The van der Waals surface area contributed by atoms with Crippen LogP contribution in [0.15, 0.2) is 60.9 Å². The first kappa shape index (κ1) is 21.1. The van der Waals surface area contributed by atoms with E-state index in [4.69, 9.17) is 40.2 Å². The highest BCUT2D eigenvalue weighted by Gasteiger charge is 2.41. The van der Waals surface area contributed by atoms with Crippen molar-refractivity contribution in [2.75, 3.05) is 20.3 Å². The summed E-state index contributed by atoms with van der Waals surface area (Å²) in [7, 11) is 1.71. The second-order valence-corrected chi connectivity index (χ2v) is 8.30. The molecule has 0 aliphatic carbocycles. The summed E-state index contributed by atoms with van der Waals surface area (Å²) in [6.07, 6.45) is 4.68. The van der Waals surface area contributed by atoms with Gasteiger partial charge in [-0.25, -0.2) is 0 Å². The smallest absolute Gasteiger partial charge is 0.170 e. The van der Waals surface area contributed by atoms with Crippen LogP contribution in [0.5, 0.6) is 0 Å². The molecule has 2 atom stereocenters. The van der Waals surface area contributed by atoms with E-state index in [1.807, 2.05) is 42.6 Å². The van der Waals surface area contributed by atoms with Crippen LogP contribution >= 0.6 is 35.4 Å². The van der Waals surface area contributed by atoms with Crippen LogP contribution in [0.25, 0.3) is 5.69 Å². The molecule has 2 unspecified atom stereocenters. The van der Waals surface area contributed by atoms with Crippen LogP contribution < -0.4 is 5.32 Å². The molecule has 1 saturated heterocycles. The molecule has 1 aliphatic heterocycles. The first-order chi connectivity index (χ1) is 14.6. The van der Waals surface area contributed by atoms with Crippen molar-refractivity contribution in [1.82, 2.24) is 19.8 Å². The van der Waals surface area contributed by atoms with Crippen LogP contribution in [0.3, 0.4) is 0 Å². The Labute approximate surface area is 191 Å². The molecule has 0 spiro atoms. The zero-order valence-electron chi connectivity index (χ0n) is 16.5. The lowest BCUT2D eigenvalue weighted by molar-refractivity contribution is 0.180. The van der Waals surface area contributed by atoms with Crippen LogP contribution in [0.2, 0.25) is 10.0 Å². The Balaban J connectivity index is 1.78. The van der Waals surface area contributed by atoms with E-state index >= 15 is 0 Å². The summed E-state index contributed by atoms with van der Waals surface area (Å²) in [5.74, 6) is 0. The molecule has 3 heterocycles. The van der Waals surface area contributed by atoms with Crippen LogP contribution in [0, 0.1) is 0 Å². The summed E-state index contributed by atoms with van der Waals surface area (Å²) in [6, 6.07) is 15.4. The summed E-state index contributed by atoms with van der Waals surface area (Å²) in [5, 5.41) is 5.38. The lowest BCUT2D eigenvalue weighted by Gasteiger charge is -2.29. The van der Waals surface area contributed by atoms with E-state index in [-0.39, 0.29) is 12.1 Å². The first-order valence-corrected chi connectivity index (χ1v) is 10.9. The molecule has 1 aliphatic rings. The Kier molecular flexibility index (Phi) is 6.58. The molecule has 4 rings (SSSR count). The molecule has 2 aromatic heterocycles. The number of rotatable bonds is 7. The average Bonchev–Trinajstić information content (AvgIpc) is 3.33. The highest BCUT2D eigenvalue weighted by atomic mass is 35.5. The molecule has 1 N–H and O–H groups in total. The fraction of sp³-hybridized carbons (Fsp3) is 0.273. The number of aromatic nitrogens is 2. The standard InChI is InChI=1S/C22H22Cl2N4OS/c1-29-13-5-12-28-21(20(26-22(28)30)17-6-2-3-10-25-17)19-7-4-11-27(19)18-9-8-15(23)14-16(18)24/h2-4,6-11,14,20-21H,5,12-13H2,1H3,(H,26,30). The van der Waals surface area contributed by atoms with Crippen molar-refractivity contribution in [3.8, 4) is 5.69 Å². The Morgan fingerprint density at radius 2 is 2.03 bits per heavy atom. The first-order valence-electron chi connectivity index (χ1n) is 9.70. The minimum Gasteiger partial charge on any atom is -0.385 e. The number of methoxy groups -OCH3 is 1. The van der Waals surface area contributed by atoms with Gasteiger partial charge in [0.1, 0.15) is 0 Å². The van der Waals surface area contributed by atoms with Crippen molar-refractivity contribution >= 4 is 40.5 Å². The highest BCUT2D eigenvalue weighted by molar-refractivity contribution is 7.80. The van der Waals surface area contributed by atoms with Gasteiger partial charge in [0.05, 0.1) is 28.5 Å². The topological polar surface area (TPSA) is 42.3 Å². The highest BCUT2D eigenvalue weighted by Crippen LogP contribution is 2.40. The molecule has 0 bridgehead atoms. The molecule has 0 amide bonds. The van der Waals surface area contributed by atoms with Crippen molar-refractivity contribution < 1.29 is 4.74 Å². The summed E-state index contributed by atoms with van der Waals surface area (Å²) in [5.41, 5.74) is 2.88. The van der Waals surface area contributed by atoms with Crippen molar-refractivity contribution in [3.05, 3.63) is 82.4 Å². The van der Waals surface area contributed by atoms with E-state index in [1.165, 1.54) is 0 Å². The molecule has 5 nitrogen and oxygen atoms in total. The van der Waals surface area contributed by atoms with Crippen LogP contribution in [0.1, 0.15) is 29.9 Å². The van der Waals surface area contributed by atoms with Gasteiger partial charge in [0.25, 0.3) is 0 Å². The van der Waals surface area contributed by atoms with Gasteiger partial charge in [0, 0.05) is 43.4 Å². The van der Waals surface area contributed by atoms with Gasteiger partial charge < -0.3 is 19.5 Å². The zero-order valence-corrected chi connectivity index (χ0v) is 18.8. The predicted molar refractivity (Wildman–Crippen MR) is 124 cm³/mol. The lowest BCUT2D eigenvalue weighted by atomic mass is 10.0. The van der Waals surface area contributed by atoms with Crippen molar-refractivity contribution in [2.45, 2.75) is 18.5 Å². The lowest BCUT2D eigenvalue weighted by Crippen LogP contribution is -2.32. The van der Waals surface area contributed by atoms with E-state index in [2.05, 4.69) is 25.8 Å². The Bertz CT molecular complexity index is 1030. The van der Waals surface area contributed by atoms with E-state index in [0.717, 1.165) is 30.0 Å². The Morgan fingerprint density at radius 1 is 1.17 bits per heavy atom. The van der Waals surface area contributed by atoms with Gasteiger partial charge in [0.2, 0.25) is 0 Å². The number of thiocarbonyl (C=S) groups is 1. The quantitative estimate of drug-likeness (QED) is 0.388. The number of nitrogens with zero attached hydrogens (tertiary/aromatic N) is 3. The minimum absolute atomic E-state index is 0.0500. The molecule has 1 fully saturated rings. The van der Waals surface area contributed by atoms with Gasteiger partial charge in [-0.1, -0.05) is 29.3 Å². The summed E-state index contributed by atoms with van der Waals surface area (Å²) in [4.78, 5) is 6.80. The molecule has 8 heteroatoms. The van der Waals surface area contributed by atoms with Crippen LogP contribution in [-0.4, -0.2) is 39.8 Å². The Hall–Kier alpha value is -2.12. The molecule has 30 heavy (non-hydrogen) atoms. The largest absolute Gasteiger partial charge is 0.385 e. The molecular formula is C22H22Cl2N4OS. The number of hydrogen-bond donors (Lipinski definition) is 1. The number of pyridine rings is 1. The van der Waals surface area contributed by atoms with Crippen molar-refractivity contribution in [3.63, 3.8) is 0 Å². The minimum atomic E-state index is -0.0824. The Morgan fingerprint density at radius 3 is 2.77 bits per heavy atom. The summed E-state index contributed by atoms with van der Waals surface area (Å²) >= 11 is 18.4. The normalized spacial score (nSPS) is 18.6. The van der Waals surface area contributed by atoms with Gasteiger partial charge in [0.15, 0.2) is 5.11 Å². The maximum Gasteiger partial charge on any atom is 0.170 e. The molecule has 156 valence electrons. The van der Waals surface area contributed by atoms with E-state index in [1.54, 1.807) is 19.4 Å². The third-order valence-corrected chi connectivity index (χ3v) is 6.09. The number of hydrogen-bond acceptors (Lipinski definition) is 3. The van der Waals surface area contributed by atoms with E-state index in [9.17, 15) is 0 Å². The molecular weight excluding hydrogens is 439 g/mol. The SMILES string of the molecule is COCCCN1C(=S)NC(c2ccccn2)C1c1cccn1-c1ccc(Cl)cc1Cl. The molecule has 3 aromatic rings. The molecule has 0 saturated carbocycles. The second-order valence-electron chi connectivity index (χ2n) is 7.07. The summed E-state index contributed by atoms with van der Waals surface area (Å²) < 4.78 is 7.35. The molecule has 1 aromatic carbocycles. The van der Waals surface area contributed by atoms with Crippen LogP contribution in [-0.2, 0) is 4.74 Å².